The summed E-state index contributed by atoms with van der Waals surface area (Å²) in [6, 6.07) is -1.95. The van der Waals surface area contributed by atoms with Crippen molar-refractivity contribution in [3.05, 3.63) is 21.8 Å². The molecule has 15 nitrogen and oxygen atoms in total. The highest BCUT2D eigenvalue weighted by Gasteiger charge is 2.32. The van der Waals surface area contributed by atoms with Gasteiger partial charge in [0, 0.05) is 31.3 Å². The maximum atomic E-state index is 13.5. The van der Waals surface area contributed by atoms with Gasteiger partial charge in [-0.2, -0.15) is 0 Å². The van der Waals surface area contributed by atoms with E-state index in [9.17, 15) is 33.6 Å². The first-order chi connectivity index (χ1) is 19.0. The summed E-state index contributed by atoms with van der Waals surface area (Å²) >= 11 is 5.23. The highest BCUT2D eigenvalue weighted by atomic mass is 127. The SMILES string of the molecule is CC(=O)OCC(COC(C)=O)NC(=O)c1c(I)c(OC(N)=O)c(I)c(C(=O)NC(COC(C)=O)COC(C)=O)c1I. The van der Waals surface area contributed by atoms with Crippen LogP contribution in [0.3, 0.4) is 0 Å². The lowest BCUT2D eigenvalue weighted by Gasteiger charge is -2.23. The standard InChI is InChI=1S/C23H26I3N3O12/c1-9(30)37-5-13(6-38-10(2)31)28-21(34)15-17(24)16(19(26)20(18(15)25)41-23(27)36)22(35)29-14(7-39-11(3)32)8-40-12(4)33/h13-14H,5-8H2,1-4H3,(H2,27,36)(H,28,34)(H,29,35). The average molecular weight is 917 g/mol. The third-order valence-corrected chi connectivity index (χ3v) is 7.69. The van der Waals surface area contributed by atoms with Gasteiger partial charge in [0.15, 0.2) is 5.75 Å². The van der Waals surface area contributed by atoms with Crippen molar-refractivity contribution in [2.45, 2.75) is 39.8 Å². The van der Waals surface area contributed by atoms with E-state index in [0.29, 0.717) is 0 Å². The maximum Gasteiger partial charge on any atom is 0.410 e. The minimum Gasteiger partial charge on any atom is -0.464 e. The van der Waals surface area contributed by atoms with Crippen molar-refractivity contribution in [3.8, 4) is 5.75 Å². The topological polar surface area (TPSA) is 216 Å². The fourth-order valence-corrected chi connectivity index (χ4v) is 7.25. The molecule has 0 aliphatic heterocycles. The van der Waals surface area contributed by atoms with Crippen molar-refractivity contribution in [2.24, 2.45) is 5.73 Å². The molecule has 0 saturated heterocycles. The van der Waals surface area contributed by atoms with Crippen LogP contribution in [0.25, 0.3) is 0 Å². The molecule has 0 radical (unpaired) electrons. The first-order valence-electron chi connectivity index (χ1n) is 11.4. The first kappa shape index (κ1) is 36.5. The molecule has 0 unspecified atom stereocenters. The van der Waals surface area contributed by atoms with E-state index in [2.05, 4.69) is 10.6 Å². The number of halogens is 3. The Kier molecular flexibility index (Phi) is 15.5. The van der Waals surface area contributed by atoms with E-state index in [0.717, 1.165) is 27.7 Å². The molecule has 1 aromatic carbocycles. The number of carbonyl (C=O) groups is 7. The molecule has 0 spiro atoms. The van der Waals surface area contributed by atoms with E-state index in [-0.39, 0.29) is 54.0 Å². The van der Waals surface area contributed by atoms with Crippen LogP contribution in [0.5, 0.6) is 5.75 Å². The van der Waals surface area contributed by atoms with E-state index < -0.39 is 53.9 Å². The summed E-state index contributed by atoms with van der Waals surface area (Å²) in [5.41, 5.74) is 5.00. The predicted octanol–water partition coefficient (Wildman–Crippen LogP) is 1.41. The lowest BCUT2D eigenvalue weighted by molar-refractivity contribution is -0.146. The second-order valence-corrected chi connectivity index (χ2v) is 11.2. The molecule has 0 aliphatic carbocycles. The third kappa shape index (κ3) is 12.5. The Hall–Kier alpha value is -2.50. The second kappa shape index (κ2) is 17.5. The van der Waals surface area contributed by atoms with Crippen molar-refractivity contribution in [2.75, 3.05) is 26.4 Å². The molecule has 0 saturated carbocycles. The summed E-state index contributed by atoms with van der Waals surface area (Å²) in [6.07, 6.45) is -1.22. The molecule has 0 fully saturated rings. The Morgan fingerprint density at radius 3 is 1.15 bits per heavy atom. The van der Waals surface area contributed by atoms with E-state index in [1.807, 2.05) is 0 Å². The number of hydrogen-bond donors (Lipinski definition) is 3. The van der Waals surface area contributed by atoms with Crippen molar-refractivity contribution < 1.29 is 57.2 Å². The Morgan fingerprint density at radius 2 is 0.902 bits per heavy atom. The number of hydrogen-bond acceptors (Lipinski definition) is 12. The molecule has 0 bridgehead atoms. The average Bonchev–Trinajstić information content (AvgIpc) is 2.84. The summed E-state index contributed by atoms with van der Waals surface area (Å²) in [7, 11) is 0. The van der Waals surface area contributed by atoms with Crippen LogP contribution in [0, 0.1) is 10.7 Å². The van der Waals surface area contributed by atoms with Crippen LogP contribution < -0.4 is 21.1 Å². The van der Waals surface area contributed by atoms with Crippen molar-refractivity contribution >= 4 is 110 Å². The van der Waals surface area contributed by atoms with Gasteiger partial charge < -0.3 is 40.1 Å². The van der Waals surface area contributed by atoms with Crippen molar-refractivity contribution in [3.63, 3.8) is 0 Å². The Morgan fingerprint density at radius 1 is 0.610 bits per heavy atom. The van der Waals surface area contributed by atoms with Gasteiger partial charge in [-0.1, -0.05) is 0 Å². The lowest BCUT2D eigenvalue weighted by Crippen LogP contribution is -2.44. The third-order valence-electron chi connectivity index (χ3n) is 4.56. The normalized spacial score (nSPS) is 10.5. The number of nitrogens with two attached hydrogens (primary N) is 1. The number of amides is 3. The zero-order valence-electron chi connectivity index (χ0n) is 22.1. The van der Waals surface area contributed by atoms with E-state index in [1.165, 1.54) is 0 Å². The first-order valence-corrected chi connectivity index (χ1v) is 14.6. The molecule has 0 atom stereocenters. The van der Waals surface area contributed by atoms with Gasteiger partial charge in [-0.25, -0.2) is 4.79 Å². The van der Waals surface area contributed by atoms with E-state index in [1.54, 1.807) is 67.8 Å². The van der Waals surface area contributed by atoms with Crippen LogP contribution in [0.15, 0.2) is 0 Å². The van der Waals surface area contributed by atoms with Gasteiger partial charge in [-0.05, 0) is 67.8 Å². The molecule has 0 aromatic heterocycles. The zero-order valence-corrected chi connectivity index (χ0v) is 28.6. The number of benzene rings is 1. The predicted molar refractivity (Wildman–Crippen MR) is 164 cm³/mol. The molecule has 1 aromatic rings. The van der Waals surface area contributed by atoms with Crippen molar-refractivity contribution in [1.29, 1.82) is 0 Å². The van der Waals surface area contributed by atoms with Gasteiger partial charge in [-0.3, -0.25) is 28.8 Å². The number of esters is 4. The van der Waals surface area contributed by atoms with Crippen LogP contribution in [0.1, 0.15) is 48.4 Å². The molecule has 4 N–H and O–H groups in total. The minimum atomic E-state index is -1.22. The number of primary amides is 1. The largest absolute Gasteiger partial charge is 0.464 e. The molecule has 0 aliphatic rings. The highest BCUT2D eigenvalue weighted by Crippen LogP contribution is 2.37. The molecule has 41 heavy (non-hydrogen) atoms. The van der Waals surface area contributed by atoms with E-state index >= 15 is 0 Å². The number of carbonyl (C=O) groups excluding carboxylic acids is 7. The quantitative estimate of drug-likeness (QED) is 0.146. The molecular formula is C23H26I3N3O12. The highest BCUT2D eigenvalue weighted by molar-refractivity contribution is 14.1. The Labute approximate surface area is 275 Å². The van der Waals surface area contributed by atoms with Crippen LogP contribution in [-0.4, -0.2) is 80.3 Å². The van der Waals surface area contributed by atoms with Gasteiger partial charge in [0.1, 0.15) is 26.4 Å². The summed E-state index contributed by atoms with van der Waals surface area (Å²) in [6.45, 7) is 3.29. The fourth-order valence-electron chi connectivity index (χ4n) is 2.88. The van der Waals surface area contributed by atoms with E-state index in [4.69, 9.17) is 29.4 Å². The monoisotopic (exact) mass is 917 g/mol. The number of ether oxygens (including phenoxy) is 5. The van der Waals surface area contributed by atoms with Gasteiger partial charge >= 0.3 is 30.0 Å². The maximum absolute atomic E-state index is 13.5. The summed E-state index contributed by atoms with van der Waals surface area (Å²) in [5, 5.41) is 5.15. The molecule has 226 valence electrons. The van der Waals surface area contributed by atoms with Crippen LogP contribution >= 0.6 is 67.8 Å². The molecule has 3 amide bonds. The van der Waals surface area contributed by atoms with Gasteiger partial charge in [0.05, 0.1) is 30.4 Å². The number of rotatable bonds is 13. The molecule has 1 rings (SSSR count). The molecular weight excluding hydrogens is 891 g/mol. The van der Waals surface area contributed by atoms with Crippen LogP contribution in [0.2, 0.25) is 0 Å². The molecule has 0 heterocycles. The van der Waals surface area contributed by atoms with Crippen molar-refractivity contribution in [1.82, 2.24) is 10.6 Å². The van der Waals surface area contributed by atoms with Gasteiger partial charge in [0.25, 0.3) is 11.8 Å². The van der Waals surface area contributed by atoms with Crippen LogP contribution in [0.4, 0.5) is 4.79 Å². The summed E-state index contributed by atoms with van der Waals surface area (Å²) < 4.78 is 25.2. The lowest BCUT2D eigenvalue weighted by atomic mass is 10.1. The summed E-state index contributed by atoms with van der Waals surface area (Å²) in [5.74, 6) is -4.34. The Bertz CT molecular complexity index is 1110. The molecule has 18 heteroatoms. The minimum absolute atomic E-state index is 0.111. The van der Waals surface area contributed by atoms with Gasteiger partial charge in [0.2, 0.25) is 0 Å². The Balaban J connectivity index is 3.57. The summed E-state index contributed by atoms with van der Waals surface area (Å²) in [4.78, 5) is 83.8. The smallest absolute Gasteiger partial charge is 0.410 e. The van der Waals surface area contributed by atoms with Crippen LogP contribution in [-0.2, 0) is 38.1 Å². The fraction of sp³-hybridized carbons (Fsp3) is 0.435. The zero-order chi connectivity index (χ0) is 31.4. The second-order valence-electron chi connectivity index (χ2n) is 7.99. The number of nitrogens with one attached hydrogen (secondary N) is 2. The van der Waals surface area contributed by atoms with Gasteiger partial charge in [-0.15, -0.1) is 0 Å².